The fourth-order valence-electron chi connectivity index (χ4n) is 1.92. The standard InChI is InChI=1S/C11H23N2/c1-4-12-6-5-11-8-13(9-11)7-10(2)3/h11-12H,4-9H2,1-3H3. The van der Waals surface area contributed by atoms with E-state index in [0.29, 0.717) is 0 Å². The molecule has 0 spiro atoms. The SMILES string of the molecule is CCNCCC1CN(C[C](C)C)C1. The summed E-state index contributed by atoms with van der Waals surface area (Å²) in [5.74, 6) is 2.49. The van der Waals surface area contributed by atoms with Gasteiger partial charge in [-0.3, -0.25) is 0 Å². The number of nitrogens with zero attached hydrogens (tertiary/aromatic N) is 1. The molecule has 0 aromatic carbocycles. The summed E-state index contributed by atoms with van der Waals surface area (Å²) >= 11 is 0. The maximum absolute atomic E-state index is 3.38. The van der Waals surface area contributed by atoms with E-state index < -0.39 is 0 Å². The maximum atomic E-state index is 3.38. The van der Waals surface area contributed by atoms with E-state index in [4.69, 9.17) is 0 Å². The molecule has 2 heteroatoms. The quantitative estimate of drug-likeness (QED) is 0.628. The number of hydrogen-bond acceptors (Lipinski definition) is 2. The predicted octanol–water partition coefficient (Wildman–Crippen LogP) is 1.53. The molecule has 0 aromatic rings. The molecule has 0 aliphatic carbocycles. The summed E-state index contributed by atoms with van der Waals surface area (Å²) in [5.41, 5.74) is 0. The average molecular weight is 183 g/mol. The Balaban J connectivity index is 1.92. The van der Waals surface area contributed by atoms with Gasteiger partial charge in [0.15, 0.2) is 0 Å². The molecule has 1 N–H and O–H groups in total. The zero-order valence-corrected chi connectivity index (χ0v) is 9.27. The van der Waals surface area contributed by atoms with Crippen LogP contribution in [0.25, 0.3) is 0 Å². The lowest BCUT2D eigenvalue weighted by molar-refractivity contribution is 0.100. The van der Waals surface area contributed by atoms with Crippen molar-refractivity contribution in [2.24, 2.45) is 5.92 Å². The molecule has 1 radical (unpaired) electrons. The Labute approximate surface area is 82.7 Å². The van der Waals surface area contributed by atoms with Crippen molar-refractivity contribution in [1.29, 1.82) is 0 Å². The van der Waals surface area contributed by atoms with Crippen molar-refractivity contribution < 1.29 is 0 Å². The predicted molar refractivity (Wildman–Crippen MR) is 57.7 cm³/mol. The van der Waals surface area contributed by atoms with Gasteiger partial charge in [0.25, 0.3) is 0 Å². The van der Waals surface area contributed by atoms with Gasteiger partial charge >= 0.3 is 0 Å². The number of nitrogens with one attached hydrogen (secondary N) is 1. The van der Waals surface area contributed by atoms with Crippen molar-refractivity contribution in [2.45, 2.75) is 27.2 Å². The Hall–Kier alpha value is -0.0800. The van der Waals surface area contributed by atoms with Crippen molar-refractivity contribution in [2.75, 3.05) is 32.7 Å². The summed E-state index contributed by atoms with van der Waals surface area (Å²) in [6.45, 7) is 12.7. The summed E-state index contributed by atoms with van der Waals surface area (Å²) in [6.07, 6.45) is 1.35. The molecule has 1 aliphatic heterocycles. The lowest BCUT2D eigenvalue weighted by Crippen LogP contribution is -2.48. The Morgan fingerprint density at radius 3 is 2.62 bits per heavy atom. The van der Waals surface area contributed by atoms with Gasteiger partial charge in [-0.2, -0.15) is 0 Å². The van der Waals surface area contributed by atoms with E-state index in [1.807, 2.05) is 0 Å². The van der Waals surface area contributed by atoms with Crippen molar-refractivity contribution in [3.63, 3.8) is 0 Å². The molecule has 0 amide bonds. The lowest BCUT2D eigenvalue weighted by Gasteiger charge is -2.40. The minimum Gasteiger partial charge on any atom is -0.317 e. The van der Waals surface area contributed by atoms with Crippen molar-refractivity contribution in [1.82, 2.24) is 10.2 Å². The van der Waals surface area contributed by atoms with Gasteiger partial charge in [-0.1, -0.05) is 20.8 Å². The van der Waals surface area contributed by atoms with E-state index >= 15 is 0 Å². The first kappa shape index (κ1) is 11.0. The maximum Gasteiger partial charge on any atom is 0.00385 e. The first-order valence-corrected chi connectivity index (χ1v) is 5.44. The Kier molecular flexibility index (Phi) is 4.74. The van der Waals surface area contributed by atoms with E-state index in [0.717, 1.165) is 12.5 Å². The fourth-order valence-corrected chi connectivity index (χ4v) is 1.92. The minimum absolute atomic E-state index is 0.957. The van der Waals surface area contributed by atoms with Gasteiger partial charge in [-0.15, -0.1) is 0 Å². The van der Waals surface area contributed by atoms with Crippen LogP contribution in [-0.2, 0) is 0 Å². The average Bonchev–Trinajstić information content (AvgIpc) is 1.99. The number of rotatable bonds is 6. The highest BCUT2D eigenvalue weighted by atomic mass is 15.2. The van der Waals surface area contributed by atoms with Gasteiger partial charge in [0.2, 0.25) is 0 Å². The first-order chi connectivity index (χ1) is 6.22. The molecule has 77 valence electrons. The minimum atomic E-state index is 0.957. The van der Waals surface area contributed by atoms with Crippen molar-refractivity contribution in [3.8, 4) is 0 Å². The molecule has 13 heavy (non-hydrogen) atoms. The van der Waals surface area contributed by atoms with Crippen LogP contribution >= 0.6 is 0 Å². The van der Waals surface area contributed by atoms with Gasteiger partial charge in [-0.05, 0) is 31.3 Å². The molecule has 1 saturated heterocycles. The zero-order chi connectivity index (χ0) is 9.68. The van der Waals surface area contributed by atoms with Crippen LogP contribution in [-0.4, -0.2) is 37.6 Å². The van der Waals surface area contributed by atoms with Crippen LogP contribution in [0.15, 0.2) is 0 Å². The van der Waals surface area contributed by atoms with Crippen LogP contribution in [0.3, 0.4) is 0 Å². The van der Waals surface area contributed by atoms with Crippen molar-refractivity contribution >= 4 is 0 Å². The largest absolute Gasteiger partial charge is 0.317 e. The molecular weight excluding hydrogens is 160 g/mol. The third kappa shape index (κ3) is 4.10. The third-order valence-corrected chi connectivity index (χ3v) is 2.55. The zero-order valence-electron chi connectivity index (χ0n) is 9.27. The summed E-state index contributed by atoms with van der Waals surface area (Å²) in [6, 6.07) is 0. The van der Waals surface area contributed by atoms with Gasteiger partial charge in [0.05, 0.1) is 0 Å². The van der Waals surface area contributed by atoms with Crippen LogP contribution in [0.1, 0.15) is 27.2 Å². The monoisotopic (exact) mass is 183 g/mol. The van der Waals surface area contributed by atoms with Crippen LogP contribution in [0.2, 0.25) is 0 Å². The topological polar surface area (TPSA) is 15.3 Å². The second-order valence-corrected chi connectivity index (χ2v) is 4.41. The van der Waals surface area contributed by atoms with E-state index in [1.165, 1.54) is 38.5 Å². The first-order valence-electron chi connectivity index (χ1n) is 5.44. The van der Waals surface area contributed by atoms with E-state index in [9.17, 15) is 0 Å². The van der Waals surface area contributed by atoms with Crippen LogP contribution in [0.5, 0.6) is 0 Å². The summed E-state index contributed by atoms with van der Waals surface area (Å²) in [4.78, 5) is 2.53. The smallest absolute Gasteiger partial charge is 0.00385 e. The molecule has 0 saturated carbocycles. The molecule has 1 heterocycles. The molecule has 1 rings (SSSR count). The summed E-state index contributed by atoms with van der Waals surface area (Å²) < 4.78 is 0. The highest BCUT2D eigenvalue weighted by Crippen LogP contribution is 2.19. The van der Waals surface area contributed by atoms with Gasteiger partial charge in [0.1, 0.15) is 0 Å². The molecule has 0 atom stereocenters. The highest BCUT2D eigenvalue weighted by Gasteiger charge is 2.25. The molecular formula is C11H23N2. The van der Waals surface area contributed by atoms with E-state index in [1.54, 1.807) is 0 Å². The Bertz CT molecular complexity index is 128. The van der Waals surface area contributed by atoms with Gasteiger partial charge in [-0.25, -0.2) is 0 Å². The van der Waals surface area contributed by atoms with Gasteiger partial charge in [0, 0.05) is 19.6 Å². The van der Waals surface area contributed by atoms with E-state index in [-0.39, 0.29) is 0 Å². The normalized spacial score (nSPS) is 19.4. The molecule has 0 aromatic heterocycles. The van der Waals surface area contributed by atoms with Crippen molar-refractivity contribution in [3.05, 3.63) is 5.92 Å². The second kappa shape index (κ2) is 5.61. The van der Waals surface area contributed by atoms with Crippen LogP contribution < -0.4 is 5.32 Å². The highest BCUT2D eigenvalue weighted by molar-refractivity contribution is 4.88. The molecule has 0 unspecified atom stereocenters. The van der Waals surface area contributed by atoms with Crippen LogP contribution in [0.4, 0.5) is 0 Å². The Morgan fingerprint density at radius 2 is 2.08 bits per heavy atom. The third-order valence-electron chi connectivity index (χ3n) is 2.55. The fraction of sp³-hybridized carbons (Fsp3) is 0.909. The lowest BCUT2D eigenvalue weighted by atomic mass is 9.95. The molecule has 1 fully saturated rings. The molecule has 1 aliphatic rings. The van der Waals surface area contributed by atoms with E-state index in [2.05, 4.69) is 31.0 Å². The van der Waals surface area contributed by atoms with Crippen LogP contribution in [0, 0.1) is 11.8 Å². The second-order valence-electron chi connectivity index (χ2n) is 4.41. The van der Waals surface area contributed by atoms with Gasteiger partial charge < -0.3 is 10.2 Å². The number of likely N-dealkylation sites (tertiary alicyclic amines) is 1. The molecule has 0 bridgehead atoms. The Morgan fingerprint density at radius 1 is 1.38 bits per heavy atom. The summed E-state index contributed by atoms with van der Waals surface area (Å²) in [5, 5.41) is 3.38. The molecule has 2 nitrogen and oxygen atoms in total. The number of hydrogen-bond donors (Lipinski definition) is 1. The summed E-state index contributed by atoms with van der Waals surface area (Å²) in [7, 11) is 0.